The minimum absolute atomic E-state index is 0.0496. The highest BCUT2D eigenvalue weighted by atomic mass is 35.5. The molecule has 0 saturated heterocycles. The van der Waals surface area contributed by atoms with Gasteiger partial charge >= 0.3 is 5.97 Å². The normalized spacial score (nSPS) is 12.4. The molecular formula is C25H30ClNO7S2. The summed E-state index contributed by atoms with van der Waals surface area (Å²) in [6.45, 7) is 4.42. The summed E-state index contributed by atoms with van der Waals surface area (Å²) in [5.74, 6) is 0.225. The van der Waals surface area contributed by atoms with Gasteiger partial charge in [0.2, 0.25) is 0 Å². The molecule has 0 saturated carbocycles. The fourth-order valence-electron chi connectivity index (χ4n) is 3.65. The van der Waals surface area contributed by atoms with Crippen LogP contribution < -0.4 is 19.5 Å². The first-order chi connectivity index (χ1) is 17.1. The van der Waals surface area contributed by atoms with Gasteiger partial charge in [0.15, 0.2) is 27.9 Å². The lowest BCUT2D eigenvalue weighted by molar-refractivity contribution is -0.139. The number of methoxy groups -OCH3 is 1. The van der Waals surface area contributed by atoms with Gasteiger partial charge in [-0.05, 0) is 67.6 Å². The average Bonchev–Trinajstić information content (AvgIpc) is 3.18. The molecule has 1 unspecified atom stereocenters. The van der Waals surface area contributed by atoms with Crippen LogP contribution in [0.3, 0.4) is 0 Å². The van der Waals surface area contributed by atoms with Crippen molar-refractivity contribution in [2.24, 2.45) is 0 Å². The zero-order valence-electron chi connectivity index (χ0n) is 20.4. The largest absolute Gasteiger partial charge is 0.493 e. The molecule has 8 nitrogen and oxygen atoms in total. The number of ether oxygens (including phenoxy) is 3. The number of carboxylic acids is 1. The van der Waals surface area contributed by atoms with E-state index in [1.54, 1.807) is 30.3 Å². The molecular weight excluding hydrogens is 526 g/mol. The molecule has 3 aromatic rings. The monoisotopic (exact) mass is 555 g/mol. The van der Waals surface area contributed by atoms with Crippen LogP contribution in [-0.4, -0.2) is 58.2 Å². The molecule has 196 valence electrons. The third-order valence-electron chi connectivity index (χ3n) is 5.52. The van der Waals surface area contributed by atoms with Crippen LogP contribution in [0.15, 0.2) is 40.6 Å². The van der Waals surface area contributed by atoms with Gasteiger partial charge in [0.05, 0.1) is 12.9 Å². The number of rotatable bonds is 14. The van der Waals surface area contributed by atoms with E-state index in [1.165, 1.54) is 18.4 Å². The van der Waals surface area contributed by atoms with Crippen LogP contribution in [0.2, 0.25) is 5.02 Å². The highest BCUT2D eigenvalue weighted by Gasteiger charge is 2.22. The van der Waals surface area contributed by atoms with E-state index in [2.05, 4.69) is 5.32 Å². The summed E-state index contributed by atoms with van der Waals surface area (Å²) >= 11 is 7.36. The minimum Gasteiger partial charge on any atom is -0.493 e. The Labute approximate surface area is 220 Å². The number of sulfone groups is 1. The molecule has 36 heavy (non-hydrogen) atoms. The fourth-order valence-corrected chi connectivity index (χ4v) is 7.06. The van der Waals surface area contributed by atoms with E-state index in [-0.39, 0.29) is 11.9 Å². The van der Waals surface area contributed by atoms with Gasteiger partial charge in [-0.2, -0.15) is 0 Å². The van der Waals surface area contributed by atoms with E-state index in [4.69, 9.17) is 30.9 Å². The molecule has 0 fully saturated rings. The number of hydrogen-bond donors (Lipinski definition) is 2. The summed E-state index contributed by atoms with van der Waals surface area (Å²) in [7, 11) is -1.93. The van der Waals surface area contributed by atoms with Crippen LogP contribution in [0.5, 0.6) is 17.2 Å². The first-order valence-electron chi connectivity index (χ1n) is 11.5. The number of benzene rings is 2. The van der Waals surface area contributed by atoms with Crippen molar-refractivity contribution >= 4 is 48.8 Å². The van der Waals surface area contributed by atoms with Crippen LogP contribution in [0.4, 0.5) is 0 Å². The lowest BCUT2D eigenvalue weighted by Crippen LogP contribution is -2.32. The first-order valence-corrected chi connectivity index (χ1v) is 14.3. The Balaban J connectivity index is 1.50. The molecule has 2 aromatic carbocycles. The number of carboxylic acid groups (broad SMARTS) is 1. The third kappa shape index (κ3) is 7.25. The zero-order valence-corrected chi connectivity index (χ0v) is 22.8. The molecule has 1 atom stereocenters. The smallest absolute Gasteiger partial charge is 0.341 e. The van der Waals surface area contributed by atoms with Gasteiger partial charge in [0, 0.05) is 22.3 Å². The summed E-state index contributed by atoms with van der Waals surface area (Å²) in [6, 6.07) is 10.4. The van der Waals surface area contributed by atoms with Gasteiger partial charge in [-0.3, -0.25) is 0 Å². The average molecular weight is 556 g/mol. The number of hydrogen-bond acceptors (Lipinski definition) is 8. The van der Waals surface area contributed by atoms with Crippen LogP contribution in [0, 0.1) is 6.92 Å². The minimum atomic E-state index is -3.40. The molecule has 0 aliphatic carbocycles. The number of thiophene rings is 1. The standard InChI is InChI=1S/C25H30ClNO7S2/c1-4-18(34-19-7-8-21(22(13-19)32-3)33-15-24(28)29)14-27-10-5-11-36(30,31)25-16(2)20-12-17(26)6-9-23(20)35-25/h6-9,12-13,18,27H,4-5,10-11,14-15H2,1-3H3,(H,28,29). The summed E-state index contributed by atoms with van der Waals surface area (Å²) in [6.07, 6.45) is 1.05. The summed E-state index contributed by atoms with van der Waals surface area (Å²) in [5, 5.41) is 13.5. The molecule has 1 aromatic heterocycles. The SMILES string of the molecule is CCC(CNCCCS(=O)(=O)c1sc2ccc(Cl)cc2c1C)Oc1ccc(OCC(=O)O)c(OC)c1. The molecule has 0 bridgehead atoms. The Kier molecular flexibility index (Phi) is 9.84. The van der Waals surface area contributed by atoms with E-state index in [9.17, 15) is 13.2 Å². The quantitative estimate of drug-likeness (QED) is 0.269. The van der Waals surface area contributed by atoms with E-state index in [0.717, 1.165) is 22.1 Å². The molecule has 3 rings (SSSR count). The molecule has 0 amide bonds. The molecule has 0 spiro atoms. The summed E-state index contributed by atoms with van der Waals surface area (Å²) in [5.41, 5.74) is 0.750. The van der Waals surface area contributed by atoms with Crippen molar-refractivity contribution in [1.29, 1.82) is 0 Å². The van der Waals surface area contributed by atoms with E-state index < -0.39 is 22.4 Å². The van der Waals surface area contributed by atoms with Crippen molar-refractivity contribution < 1.29 is 32.5 Å². The molecule has 0 aliphatic heterocycles. The van der Waals surface area contributed by atoms with E-state index >= 15 is 0 Å². The Morgan fingerprint density at radius 1 is 1.19 bits per heavy atom. The van der Waals surface area contributed by atoms with Crippen molar-refractivity contribution in [1.82, 2.24) is 5.32 Å². The molecule has 1 heterocycles. The Hall–Kier alpha value is -2.53. The van der Waals surface area contributed by atoms with Gasteiger partial charge in [-0.1, -0.05) is 18.5 Å². The highest BCUT2D eigenvalue weighted by Crippen LogP contribution is 2.36. The number of aryl methyl sites for hydroxylation is 1. The second-order valence-electron chi connectivity index (χ2n) is 8.17. The van der Waals surface area contributed by atoms with Crippen molar-refractivity contribution in [3.05, 3.63) is 47.0 Å². The van der Waals surface area contributed by atoms with Crippen LogP contribution >= 0.6 is 22.9 Å². The predicted octanol–water partition coefficient (Wildman–Crippen LogP) is 4.95. The van der Waals surface area contributed by atoms with E-state index in [0.29, 0.717) is 46.0 Å². The molecule has 11 heteroatoms. The highest BCUT2D eigenvalue weighted by molar-refractivity contribution is 7.93. The van der Waals surface area contributed by atoms with Crippen LogP contribution in [-0.2, 0) is 14.6 Å². The van der Waals surface area contributed by atoms with Crippen molar-refractivity contribution in [3.8, 4) is 17.2 Å². The topological polar surface area (TPSA) is 111 Å². The summed E-state index contributed by atoms with van der Waals surface area (Å²) < 4.78 is 43.7. The molecule has 0 radical (unpaired) electrons. The van der Waals surface area contributed by atoms with Gasteiger partial charge in [-0.25, -0.2) is 13.2 Å². The number of nitrogens with one attached hydrogen (secondary N) is 1. The van der Waals surface area contributed by atoms with E-state index in [1.807, 2.05) is 19.9 Å². The number of fused-ring (bicyclic) bond motifs is 1. The second kappa shape index (κ2) is 12.6. The third-order valence-corrected chi connectivity index (χ3v) is 9.53. The lowest BCUT2D eigenvalue weighted by Gasteiger charge is -2.19. The Morgan fingerprint density at radius 2 is 1.97 bits per heavy atom. The summed E-state index contributed by atoms with van der Waals surface area (Å²) in [4.78, 5) is 10.7. The zero-order chi connectivity index (χ0) is 26.3. The van der Waals surface area contributed by atoms with Crippen molar-refractivity contribution in [2.75, 3.05) is 32.6 Å². The van der Waals surface area contributed by atoms with Gasteiger partial charge in [0.25, 0.3) is 0 Å². The maximum Gasteiger partial charge on any atom is 0.341 e. The Bertz CT molecular complexity index is 1310. The van der Waals surface area contributed by atoms with Gasteiger partial charge in [0.1, 0.15) is 16.1 Å². The number of halogens is 1. The van der Waals surface area contributed by atoms with Crippen molar-refractivity contribution in [3.63, 3.8) is 0 Å². The maximum absolute atomic E-state index is 12.9. The van der Waals surface area contributed by atoms with Crippen LogP contribution in [0.25, 0.3) is 10.1 Å². The van der Waals surface area contributed by atoms with Gasteiger partial charge < -0.3 is 24.6 Å². The molecule has 0 aliphatic rings. The maximum atomic E-state index is 12.9. The number of aliphatic carboxylic acids is 1. The Morgan fingerprint density at radius 3 is 2.67 bits per heavy atom. The lowest BCUT2D eigenvalue weighted by atomic mass is 10.2. The molecule has 2 N–H and O–H groups in total. The van der Waals surface area contributed by atoms with Crippen molar-refractivity contribution in [2.45, 2.75) is 37.0 Å². The predicted molar refractivity (Wildman–Crippen MR) is 142 cm³/mol. The second-order valence-corrected chi connectivity index (χ2v) is 12.0. The fraction of sp³-hybridized carbons (Fsp3) is 0.400. The first kappa shape index (κ1) is 28.0. The number of carbonyl (C=O) groups is 1. The van der Waals surface area contributed by atoms with Gasteiger partial charge in [-0.15, -0.1) is 11.3 Å². The van der Waals surface area contributed by atoms with Crippen LogP contribution in [0.1, 0.15) is 25.3 Å².